The molecule has 0 bridgehead atoms. The smallest absolute Gasteiger partial charge is 0.150 e. The van der Waals surface area contributed by atoms with Gasteiger partial charge in [-0.25, -0.2) is 19.3 Å². The minimum absolute atomic E-state index is 0.190. The molecular formula is C35H36FN7. The molecule has 0 unspecified atom stereocenters. The van der Waals surface area contributed by atoms with E-state index in [4.69, 9.17) is 15.7 Å². The summed E-state index contributed by atoms with van der Waals surface area (Å²) in [6.45, 7) is 8.01. The fourth-order valence-corrected chi connectivity index (χ4v) is 6.48. The zero-order chi connectivity index (χ0) is 29.5. The number of nitrogens with zero attached hydrogens (tertiary/aromatic N) is 6. The van der Waals surface area contributed by atoms with Crippen LogP contribution in [0.25, 0.3) is 33.3 Å². The topological polar surface area (TPSA) is 75.6 Å². The molecule has 0 spiro atoms. The summed E-state index contributed by atoms with van der Waals surface area (Å²) in [5.74, 6) is 1.70. The molecule has 0 radical (unpaired) electrons. The molecule has 0 amide bonds. The second kappa shape index (κ2) is 11.3. The van der Waals surface area contributed by atoms with E-state index in [0.717, 1.165) is 89.5 Å². The largest absolute Gasteiger partial charge is 0.382 e. The molecule has 3 aromatic heterocycles. The molecule has 1 aliphatic heterocycles. The number of allylic oxidation sites excluding steroid dienone is 4. The number of piperazine rings is 1. The number of hydrogen-bond donors (Lipinski definition) is 1. The summed E-state index contributed by atoms with van der Waals surface area (Å²) < 4.78 is 15.5. The Morgan fingerprint density at radius 3 is 2.51 bits per heavy atom. The molecule has 4 heterocycles. The van der Waals surface area contributed by atoms with Crippen LogP contribution in [-0.4, -0.2) is 56.5 Å². The van der Waals surface area contributed by atoms with Crippen molar-refractivity contribution in [3.63, 3.8) is 0 Å². The molecule has 2 aliphatic rings. The summed E-state index contributed by atoms with van der Waals surface area (Å²) in [5, 5.41) is 1.09. The summed E-state index contributed by atoms with van der Waals surface area (Å²) in [4.78, 5) is 19.6. The highest BCUT2D eigenvalue weighted by molar-refractivity contribution is 5.91. The Kier molecular flexibility index (Phi) is 7.15. The predicted molar refractivity (Wildman–Crippen MR) is 173 cm³/mol. The molecule has 1 saturated heterocycles. The molecule has 1 saturated carbocycles. The van der Waals surface area contributed by atoms with Crippen molar-refractivity contribution in [2.45, 2.75) is 38.6 Å². The van der Waals surface area contributed by atoms with E-state index in [1.165, 1.54) is 0 Å². The summed E-state index contributed by atoms with van der Waals surface area (Å²) in [7, 11) is 0. The summed E-state index contributed by atoms with van der Waals surface area (Å²) in [5.41, 5.74) is 13.3. The van der Waals surface area contributed by atoms with E-state index in [2.05, 4.69) is 62.5 Å². The van der Waals surface area contributed by atoms with Gasteiger partial charge in [-0.2, -0.15) is 0 Å². The van der Waals surface area contributed by atoms with Gasteiger partial charge in [-0.3, -0.25) is 9.30 Å². The maximum atomic E-state index is 13.4. The van der Waals surface area contributed by atoms with Gasteiger partial charge in [0.2, 0.25) is 0 Å². The minimum atomic E-state index is -0.190. The van der Waals surface area contributed by atoms with E-state index in [1.807, 2.05) is 37.4 Å². The molecule has 218 valence electrons. The second-order valence-corrected chi connectivity index (χ2v) is 11.7. The quantitative estimate of drug-likeness (QED) is 0.228. The number of halogens is 1. The Bertz CT molecular complexity index is 1840. The molecule has 2 aromatic carbocycles. The van der Waals surface area contributed by atoms with Crippen LogP contribution in [0.4, 0.5) is 15.9 Å². The Morgan fingerprint density at radius 1 is 0.977 bits per heavy atom. The van der Waals surface area contributed by atoms with Crippen molar-refractivity contribution in [1.29, 1.82) is 0 Å². The maximum absolute atomic E-state index is 13.4. The molecule has 7 rings (SSSR count). The molecule has 5 aromatic rings. The van der Waals surface area contributed by atoms with Crippen molar-refractivity contribution in [1.82, 2.24) is 24.3 Å². The van der Waals surface area contributed by atoms with Gasteiger partial charge in [0.1, 0.15) is 28.7 Å². The van der Waals surface area contributed by atoms with Gasteiger partial charge in [0.15, 0.2) is 0 Å². The van der Waals surface area contributed by atoms with Crippen LogP contribution in [0.15, 0.2) is 85.2 Å². The predicted octanol–water partition coefficient (Wildman–Crippen LogP) is 6.71. The number of nitrogen functional groups attached to an aromatic ring is 1. The standard InChI is InChI=1S/C35H36FN7/c1-3-4-5-23(2)30-13-8-24-6-7-25(22-31(24)39-30)32-33-34(37)38-14-15-43(33)35(40-32)26-20-29(21-26)42-18-16-41(17-19-42)28-11-9-27(36)10-12-28/h3-15,22,26,29H,16-21H2,1-2H3,(H2,37,38)/b4-3-,23-5+/t26-,29+. The summed E-state index contributed by atoms with van der Waals surface area (Å²) in [6.07, 6.45) is 12.0. The SMILES string of the molecule is C/C=C\C=C(/C)c1ccc2ccc(-c3nc([C@H]4C[C@@H](N5CCN(c6ccc(F)cc6)CC5)C4)n4ccnc(N)c34)cc2n1. The Hall–Kier alpha value is -4.56. The zero-order valence-electron chi connectivity index (χ0n) is 24.6. The first-order chi connectivity index (χ1) is 21.0. The lowest BCUT2D eigenvalue weighted by Crippen LogP contribution is -2.53. The van der Waals surface area contributed by atoms with Crippen LogP contribution >= 0.6 is 0 Å². The highest BCUT2D eigenvalue weighted by Crippen LogP contribution is 2.42. The lowest BCUT2D eigenvalue weighted by Gasteiger charge is -2.46. The van der Waals surface area contributed by atoms with Crippen molar-refractivity contribution in [2.24, 2.45) is 0 Å². The molecule has 2 N–H and O–H groups in total. The molecule has 0 atom stereocenters. The monoisotopic (exact) mass is 573 g/mol. The van der Waals surface area contributed by atoms with Gasteiger partial charge in [-0.1, -0.05) is 36.4 Å². The fraction of sp³-hybridized carbons (Fsp3) is 0.286. The third kappa shape index (κ3) is 5.16. The average Bonchev–Trinajstić information content (AvgIpc) is 3.40. The van der Waals surface area contributed by atoms with E-state index < -0.39 is 0 Å². The van der Waals surface area contributed by atoms with Crippen molar-refractivity contribution in [3.8, 4) is 11.3 Å². The first-order valence-corrected chi connectivity index (χ1v) is 15.1. The van der Waals surface area contributed by atoms with Crippen LogP contribution in [0.5, 0.6) is 0 Å². The number of fused-ring (bicyclic) bond motifs is 2. The van der Waals surface area contributed by atoms with Crippen molar-refractivity contribution < 1.29 is 4.39 Å². The lowest BCUT2D eigenvalue weighted by molar-refractivity contribution is 0.0994. The number of imidazole rings is 1. The number of rotatable bonds is 6. The number of nitrogens with two attached hydrogens (primary N) is 1. The number of benzene rings is 2. The number of anilines is 2. The highest BCUT2D eigenvalue weighted by Gasteiger charge is 2.38. The van der Waals surface area contributed by atoms with Crippen LogP contribution in [0.3, 0.4) is 0 Å². The zero-order valence-corrected chi connectivity index (χ0v) is 24.6. The van der Waals surface area contributed by atoms with Gasteiger partial charge in [0, 0.05) is 67.2 Å². The first kappa shape index (κ1) is 27.3. The Labute approximate surface area is 251 Å². The van der Waals surface area contributed by atoms with Gasteiger partial charge < -0.3 is 10.6 Å². The molecule has 8 heteroatoms. The van der Waals surface area contributed by atoms with E-state index in [9.17, 15) is 4.39 Å². The summed E-state index contributed by atoms with van der Waals surface area (Å²) >= 11 is 0. The fourth-order valence-electron chi connectivity index (χ4n) is 6.48. The first-order valence-electron chi connectivity index (χ1n) is 15.1. The Balaban J connectivity index is 1.12. The van der Waals surface area contributed by atoms with Gasteiger partial charge in [-0.15, -0.1) is 0 Å². The summed E-state index contributed by atoms with van der Waals surface area (Å²) in [6, 6.07) is 17.9. The van der Waals surface area contributed by atoms with Crippen molar-refractivity contribution >= 4 is 33.5 Å². The maximum Gasteiger partial charge on any atom is 0.150 e. The normalized spacial score (nSPS) is 19.9. The number of pyridine rings is 1. The van der Waals surface area contributed by atoms with Gasteiger partial charge in [-0.05, 0) is 68.7 Å². The van der Waals surface area contributed by atoms with Crippen LogP contribution in [-0.2, 0) is 0 Å². The highest BCUT2D eigenvalue weighted by atomic mass is 19.1. The van der Waals surface area contributed by atoms with Crippen molar-refractivity contribution in [3.05, 3.63) is 103 Å². The van der Waals surface area contributed by atoms with Gasteiger partial charge in [0.05, 0.1) is 11.2 Å². The van der Waals surface area contributed by atoms with Crippen LogP contribution < -0.4 is 10.6 Å². The van der Waals surface area contributed by atoms with E-state index in [-0.39, 0.29) is 5.82 Å². The third-order valence-corrected chi connectivity index (χ3v) is 9.02. The number of aromatic nitrogens is 4. The van der Waals surface area contributed by atoms with Gasteiger partial charge >= 0.3 is 0 Å². The van der Waals surface area contributed by atoms with E-state index >= 15 is 0 Å². The molecule has 7 nitrogen and oxygen atoms in total. The average molecular weight is 574 g/mol. The van der Waals surface area contributed by atoms with E-state index in [0.29, 0.717) is 17.8 Å². The van der Waals surface area contributed by atoms with Crippen LogP contribution in [0.2, 0.25) is 0 Å². The number of hydrogen-bond acceptors (Lipinski definition) is 6. The molecular weight excluding hydrogens is 537 g/mol. The Morgan fingerprint density at radius 2 is 1.74 bits per heavy atom. The van der Waals surface area contributed by atoms with Crippen molar-refractivity contribution in [2.75, 3.05) is 36.8 Å². The lowest BCUT2D eigenvalue weighted by atomic mass is 9.78. The third-order valence-electron chi connectivity index (χ3n) is 9.02. The van der Waals surface area contributed by atoms with Crippen LogP contribution in [0.1, 0.15) is 44.1 Å². The van der Waals surface area contributed by atoms with Crippen LogP contribution in [0, 0.1) is 5.82 Å². The minimum Gasteiger partial charge on any atom is -0.382 e. The molecule has 43 heavy (non-hydrogen) atoms. The molecule has 2 fully saturated rings. The second-order valence-electron chi connectivity index (χ2n) is 11.7. The van der Waals surface area contributed by atoms with E-state index in [1.54, 1.807) is 18.3 Å². The van der Waals surface area contributed by atoms with Gasteiger partial charge in [0.25, 0.3) is 0 Å². The molecule has 1 aliphatic carbocycles.